The van der Waals surface area contributed by atoms with Crippen LogP contribution in [0.5, 0.6) is 0 Å². The summed E-state index contributed by atoms with van der Waals surface area (Å²) in [5, 5.41) is 0.663. The summed E-state index contributed by atoms with van der Waals surface area (Å²) in [7, 11) is 0. The van der Waals surface area contributed by atoms with Crippen molar-refractivity contribution >= 4 is 23.0 Å². The molecule has 0 radical (unpaired) electrons. The molecule has 19 heavy (non-hydrogen) atoms. The van der Waals surface area contributed by atoms with Crippen molar-refractivity contribution in [3.63, 3.8) is 0 Å². The highest BCUT2D eigenvalue weighted by Gasteiger charge is 2.26. The van der Waals surface area contributed by atoms with Crippen LogP contribution in [0.25, 0.3) is 0 Å². The highest BCUT2D eigenvalue weighted by Crippen LogP contribution is 2.31. The molecule has 1 aliphatic carbocycles. The molecule has 0 amide bonds. The lowest BCUT2D eigenvalue weighted by molar-refractivity contribution is 0.187. The van der Waals surface area contributed by atoms with E-state index in [-0.39, 0.29) is 0 Å². The van der Waals surface area contributed by atoms with Gasteiger partial charge in [-0.1, -0.05) is 30.5 Å². The van der Waals surface area contributed by atoms with Crippen molar-refractivity contribution < 1.29 is 0 Å². The van der Waals surface area contributed by atoms with E-state index in [4.69, 9.17) is 17.3 Å². The number of hydrogen-bond donors (Lipinski definition) is 1. The summed E-state index contributed by atoms with van der Waals surface area (Å²) in [5.74, 6) is 0. The molecule has 0 spiro atoms. The van der Waals surface area contributed by atoms with Gasteiger partial charge in [0.25, 0.3) is 0 Å². The largest absolute Gasteiger partial charge is 0.396 e. The quantitative estimate of drug-likeness (QED) is 0.845. The number of hydrogen-bond acceptors (Lipinski definition) is 3. The molecule has 1 aliphatic heterocycles. The Morgan fingerprint density at radius 3 is 2.42 bits per heavy atom. The summed E-state index contributed by atoms with van der Waals surface area (Å²) < 4.78 is 0. The van der Waals surface area contributed by atoms with Crippen LogP contribution in [0.2, 0.25) is 5.02 Å². The maximum atomic E-state index is 6.10. The van der Waals surface area contributed by atoms with Gasteiger partial charge in [0.05, 0.1) is 16.4 Å². The first-order valence-corrected chi connectivity index (χ1v) is 7.66. The zero-order chi connectivity index (χ0) is 13.2. The first-order chi connectivity index (χ1) is 9.25. The minimum atomic E-state index is 0.663. The third kappa shape index (κ3) is 2.67. The second-order valence-electron chi connectivity index (χ2n) is 5.63. The van der Waals surface area contributed by atoms with Gasteiger partial charge in [-0.3, -0.25) is 4.90 Å². The van der Waals surface area contributed by atoms with E-state index in [1.807, 2.05) is 12.1 Å². The van der Waals surface area contributed by atoms with Gasteiger partial charge in [0.1, 0.15) is 0 Å². The minimum absolute atomic E-state index is 0.663. The molecule has 1 aromatic carbocycles. The van der Waals surface area contributed by atoms with E-state index >= 15 is 0 Å². The third-order valence-corrected chi connectivity index (χ3v) is 4.86. The molecule has 2 N–H and O–H groups in total. The summed E-state index contributed by atoms with van der Waals surface area (Å²) in [5.41, 5.74) is 7.90. The van der Waals surface area contributed by atoms with E-state index in [1.54, 1.807) is 0 Å². The normalized spacial score (nSPS) is 22.1. The number of nitrogen functional groups attached to an aromatic ring is 1. The van der Waals surface area contributed by atoms with Gasteiger partial charge in [-0.05, 0) is 25.0 Å². The number of rotatable bonds is 2. The molecule has 0 aromatic heterocycles. The smallest absolute Gasteiger partial charge is 0.0741 e. The zero-order valence-electron chi connectivity index (χ0n) is 11.3. The number of halogens is 1. The molecule has 1 heterocycles. The number of nitrogens with zero attached hydrogens (tertiary/aromatic N) is 2. The van der Waals surface area contributed by atoms with Gasteiger partial charge in [0, 0.05) is 32.2 Å². The Morgan fingerprint density at radius 1 is 1.05 bits per heavy atom. The Balaban J connectivity index is 1.64. The molecule has 1 aromatic rings. The molecule has 0 unspecified atom stereocenters. The Morgan fingerprint density at radius 2 is 1.74 bits per heavy atom. The molecular weight excluding hydrogens is 258 g/mol. The van der Waals surface area contributed by atoms with Crippen molar-refractivity contribution in [1.29, 1.82) is 0 Å². The Hall–Kier alpha value is -0.930. The Bertz CT molecular complexity index is 435. The predicted octanol–water partition coefficient (Wildman–Crippen LogP) is 2.99. The average molecular weight is 280 g/mol. The summed E-state index contributed by atoms with van der Waals surface area (Å²) in [6, 6.07) is 6.75. The molecule has 0 bridgehead atoms. The van der Waals surface area contributed by atoms with E-state index in [0.29, 0.717) is 5.02 Å². The van der Waals surface area contributed by atoms with Gasteiger partial charge in [-0.2, -0.15) is 0 Å². The number of piperazine rings is 1. The van der Waals surface area contributed by atoms with Crippen LogP contribution in [0.15, 0.2) is 18.2 Å². The molecule has 2 fully saturated rings. The average Bonchev–Trinajstić information content (AvgIpc) is 2.96. The lowest BCUT2D eigenvalue weighted by Gasteiger charge is -2.39. The second-order valence-corrected chi connectivity index (χ2v) is 6.04. The van der Waals surface area contributed by atoms with Crippen LogP contribution >= 0.6 is 11.6 Å². The van der Waals surface area contributed by atoms with Crippen LogP contribution in [0, 0.1) is 0 Å². The van der Waals surface area contributed by atoms with Crippen molar-refractivity contribution in [3.05, 3.63) is 23.2 Å². The Labute approximate surface area is 120 Å². The van der Waals surface area contributed by atoms with E-state index in [2.05, 4.69) is 15.9 Å². The fraction of sp³-hybridized carbons (Fsp3) is 0.600. The Kier molecular flexibility index (Phi) is 3.85. The number of anilines is 2. The lowest BCUT2D eigenvalue weighted by Crippen LogP contribution is -2.49. The van der Waals surface area contributed by atoms with Crippen molar-refractivity contribution in [2.45, 2.75) is 31.7 Å². The van der Waals surface area contributed by atoms with E-state index in [1.165, 1.54) is 25.7 Å². The van der Waals surface area contributed by atoms with Crippen LogP contribution in [0.3, 0.4) is 0 Å². The summed E-state index contributed by atoms with van der Waals surface area (Å²) >= 11 is 6.10. The maximum absolute atomic E-state index is 6.10. The van der Waals surface area contributed by atoms with Crippen LogP contribution in [-0.4, -0.2) is 37.1 Å². The fourth-order valence-electron chi connectivity index (χ4n) is 3.40. The molecule has 104 valence electrons. The van der Waals surface area contributed by atoms with E-state index < -0.39 is 0 Å². The number of nitrogens with two attached hydrogens (primary N) is 1. The molecule has 2 aliphatic rings. The molecule has 1 saturated heterocycles. The first kappa shape index (κ1) is 13.1. The summed E-state index contributed by atoms with van der Waals surface area (Å²) in [6.07, 6.45) is 5.59. The molecule has 0 atom stereocenters. The molecule has 3 nitrogen and oxygen atoms in total. The van der Waals surface area contributed by atoms with Crippen molar-refractivity contribution in [2.24, 2.45) is 0 Å². The highest BCUT2D eigenvalue weighted by atomic mass is 35.5. The van der Waals surface area contributed by atoms with Crippen LogP contribution in [0.1, 0.15) is 25.7 Å². The van der Waals surface area contributed by atoms with Gasteiger partial charge < -0.3 is 10.6 Å². The number of benzene rings is 1. The summed E-state index contributed by atoms with van der Waals surface area (Å²) in [4.78, 5) is 5.02. The second kappa shape index (κ2) is 5.59. The molecule has 1 saturated carbocycles. The third-order valence-electron chi connectivity index (χ3n) is 4.53. The monoisotopic (exact) mass is 279 g/mol. The van der Waals surface area contributed by atoms with Gasteiger partial charge in [0.2, 0.25) is 0 Å². The van der Waals surface area contributed by atoms with Gasteiger partial charge in [0.15, 0.2) is 0 Å². The van der Waals surface area contributed by atoms with Gasteiger partial charge >= 0.3 is 0 Å². The SMILES string of the molecule is Nc1c(Cl)cccc1N1CCN(C2CCCC2)CC1. The first-order valence-electron chi connectivity index (χ1n) is 7.28. The van der Waals surface area contributed by atoms with E-state index in [9.17, 15) is 0 Å². The predicted molar refractivity (Wildman–Crippen MR) is 81.9 cm³/mol. The molecule has 3 rings (SSSR count). The minimum Gasteiger partial charge on any atom is -0.396 e. The van der Waals surface area contributed by atoms with Crippen molar-refractivity contribution in [3.8, 4) is 0 Å². The number of para-hydroxylation sites is 1. The van der Waals surface area contributed by atoms with E-state index in [0.717, 1.165) is 43.6 Å². The van der Waals surface area contributed by atoms with Gasteiger partial charge in [-0.15, -0.1) is 0 Å². The lowest BCUT2D eigenvalue weighted by atomic mass is 10.1. The van der Waals surface area contributed by atoms with Crippen molar-refractivity contribution in [1.82, 2.24) is 4.90 Å². The van der Waals surface area contributed by atoms with Crippen molar-refractivity contribution in [2.75, 3.05) is 36.8 Å². The fourth-order valence-corrected chi connectivity index (χ4v) is 3.57. The van der Waals surface area contributed by atoms with Crippen LogP contribution < -0.4 is 10.6 Å². The van der Waals surface area contributed by atoms with Gasteiger partial charge in [-0.25, -0.2) is 0 Å². The standard InChI is InChI=1S/C15H22ClN3/c16-13-6-3-7-14(15(13)17)19-10-8-18(9-11-19)12-4-1-2-5-12/h3,6-7,12H,1-2,4-5,8-11,17H2. The molecule has 4 heteroatoms. The zero-order valence-corrected chi connectivity index (χ0v) is 12.1. The van der Waals surface area contributed by atoms with Crippen LogP contribution in [0.4, 0.5) is 11.4 Å². The van der Waals surface area contributed by atoms with Crippen LogP contribution in [-0.2, 0) is 0 Å². The highest BCUT2D eigenvalue weighted by molar-refractivity contribution is 6.33. The molecular formula is C15H22ClN3. The summed E-state index contributed by atoms with van der Waals surface area (Å²) in [6.45, 7) is 4.41. The maximum Gasteiger partial charge on any atom is 0.0741 e. The topological polar surface area (TPSA) is 32.5 Å².